The lowest BCUT2D eigenvalue weighted by molar-refractivity contribution is -0.140. The van der Waals surface area contributed by atoms with Crippen molar-refractivity contribution in [2.45, 2.75) is 72.4 Å². The maximum Gasteiger partial charge on any atom is 0.257 e. The summed E-state index contributed by atoms with van der Waals surface area (Å²) in [6, 6.07) is 6.51. The minimum atomic E-state index is -0.379. The third-order valence-electron chi connectivity index (χ3n) is 7.87. The Morgan fingerprint density at radius 1 is 1.17 bits per heavy atom. The number of hydrogen-bond acceptors (Lipinski definition) is 4. The summed E-state index contributed by atoms with van der Waals surface area (Å²) in [5.41, 5.74) is 3.42. The van der Waals surface area contributed by atoms with Crippen molar-refractivity contribution in [3.63, 3.8) is 0 Å². The van der Waals surface area contributed by atoms with Gasteiger partial charge in [0.25, 0.3) is 5.91 Å². The molecule has 1 aromatic carbocycles. The number of piperazine rings is 1. The number of benzene rings is 1. The fraction of sp³-hybridized carbons (Fsp3) is 0.552. The van der Waals surface area contributed by atoms with Crippen molar-refractivity contribution < 1.29 is 14.0 Å². The van der Waals surface area contributed by atoms with Gasteiger partial charge in [-0.1, -0.05) is 32.6 Å². The molecule has 1 saturated heterocycles. The summed E-state index contributed by atoms with van der Waals surface area (Å²) in [7, 11) is 0. The molecule has 7 heteroatoms. The third-order valence-corrected chi connectivity index (χ3v) is 7.87. The van der Waals surface area contributed by atoms with Gasteiger partial charge in [0.05, 0.1) is 5.56 Å². The second kappa shape index (κ2) is 11.5. The monoisotopic (exact) mass is 494 g/mol. The van der Waals surface area contributed by atoms with E-state index in [9.17, 15) is 14.0 Å². The molecule has 0 bridgehead atoms. The second-order valence-electron chi connectivity index (χ2n) is 10.8. The van der Waals surface area contributed by atoms with Crippen LogP contribution in [0.15, 0.2) is 30.5 Å². The molecule has 6 nitrogen and oxygen atoms in total. The molecule has 2 aromatic rings. The van der Waals surface area contributed by atoms with E-state index in [1.54, 1.807) is 18.2 Å². The first-order valence-electron chi connectivity index (χ1n) is 13.3. The number of carbonyl (C=O) groups excluding carboxylic acids is 2. The molecular formula is C29H39FN4O2. The van der Waals surface area contributed by atoms with E-state index in [1.165, 1.54) is 37.9 Å². The number of aryl methyl sites for hydroxylation is 1. The zero-order chi connectivity index (χ0) is 25.8. The van der Waals surface area contributed by atoms with Crippen LogP contribution in [0.3, 0.4) is 0 Å². The largest absolute Gasteiger partial charge is 0.337 e. The first kappa shape index (κ1) is 26.3. The maximum absolute atomic E-state index is 14.5. The predicted molar refractivity (Wildman–Crippen MR) is 140 cm³/mol. The van der Waals surface area contributed by atoms with Gasteiger partial charge in [-0.3, -0.25) is 19.5 Å². The van der Waals surface area contributed by atoms with Crippen LogP contribution in [0, 0.1) is 31.5 Å². The van der Waals surface area contributed by atoms with Crippen molar-refractivity contribution in [3.05, 3.63) is 58.7 Å². The second-order valence-corrected chi connectivity index (χ2v) is 10.8. The van der Waals surface area contributed by atoms with E-state index < -0.39 is 0 Å². The number of halogens is 1. The number of anilines is 1. The zero-order valence-corrected chi connectivity index (χ0v) is 22.0. The quantitative estimate of drug-likeness (QED) is 0.564. The Labute approximate surface area is 214 Å². The smallest absolute Gasteiger partial charge is 0.257 e. The molecule has 194 valence electrons. The molecule has 2 amide bonds. The van der Waals surface area contributed by atoms with Crippen molar-refractivity contribution in [2.24, 2.45) is 11.8 Å². The lowest BCUT2D eigenvalue weighted by Gasteiger charge is -2.41. The van der Waals surface area contributed by atoms with Crippen LogP contribution in [0.5, 0.6) is 0 Å². The van der Waals surface area contributed by atoms with Crippen molar-refractivity contribution >= 4 is 17.5 Å². The number of nitrogens with zero attached hydrogens (tertiary/aromatic N) is 3. The molecule has 4 rings (SSSR count). The van der Waals surface area contributed by atoms with E-state index >= 15 is 0 Å². The molecule has 1 aliphatic heterocycles. The van der Waals surface area contributed by atoms with Crippen molar-refractivity contribution in [2.75, 3.05) is 25.0 Å². The number of rotatable bonds is 7. The van der Waals surface area contributed by atoms with Crippen LogP contribution in [0.1, 0.15) is 73.1 Å². The fourth-order valence-electron chi connectivity index (χ4n) is 5.70. The molecular weight excluding hydrogens is 455 g/mol. The van der Waals surface area contributed by atoms with Gasteiger partial charge in [0, 0.05) is 55.7 Å². The average Bonchev–Trinajstić information content (AvgIpc) is 3.35. The lowest BCUT2D eigenvalue weighted by Crippen LogP contribution is -2.54. The van der Waals surface area contributed by atoms with Crippen molar-refractivity contribution in [1.82, 2.24) is 14.8 Å². The van der Waals surface area contributed by atoms with E-state index in [4.69, 9.17) is 0 Å². The van der Waals surface area contributed by atoms with Crippen LogP contribution in [-0.4, -0.2) is 52.3 Å². The summed E-state index contributed by atoms with van der Waals surface area (Å²) in [4.78, 5) is 34.3. The summed E-state index contributed by atoms with van der Waals surface area (Å²) < 4.78 is 14.5. The van der Waals surface area contributed by atoms with Gasteiger partial charge in [-0.05, 0) is 68.5 Å². The molecule has 1 unspecified atom stereocenters. The minimum absolute atomic E-state index is 0.0717. The number of hydrogen-bond donors (Lipinski definition) is 1. The highest BCUT2D eigenvalue weighted by molar-refractivity contribution is 6.04. The van der Waals surface area contributed by atoms with Crippen molar-refractivity contribution in [3.8, 4) is 0 Å². The Kier molecular flexibility index (Phi) is 8.39. The number of amides is 2. The van der Waals surface area contributed by atoms with Gasteiger partial charge < -0.3 is 10.2 Å². The molecule has 2 fully saturated rings. The van der Waals surface area contributed by atoms with Crippen LogP contribution >= 0.6 is 0 Å². The van der Waals surface area contributed by atoms with Crippen LogP contribution in [0.25, 0.3) is 0 Å². The average molecular weight is 495 g/mol. The van der Waals surface area contributed by atoms with Gasteiger partial charge >= 0.3 is 0 Å². The lowest BCUT2D eigenvalue weighted by atomic mass is 9.93. The van der Waals surface area contributed by atoms with Crippen LogP contribution < -0.4 is 5.32 Å². The van der Waals surface area contributed by atoms with E-state index in [0.29, 0.717) is 30.3 Å². The number of carbonyl (C=O) groups is 2. The normalized spacial score (nSPS) is 19.9. The summed E-state index contributed by atoms with van der Waals surface area (Å²) in [6.07, 6.45) is 7.65. The summed E-state index contributed by atoms with van der Waals surface area (Å²) in [5.74, 6) is 0.354. The zero-order valence-electron chi connectivity index (χ0n) is 22.0. The third kappa shape index (κ3) is 6.30. The molecule has 0 radical (unpaired) electrons. The van der Waals surface area contributed by atoms with Crippen LogP contribution in [0.2, 0.25) is 0 Å². The molecule has 2 atom stereocenters. The standard InChI is InChI=1S/C29H39FN4O2/c1-19(13-23-7-5-6-8-23)29(36)34-12-11-33(17-21(34)3)18-25-14-26(30)15-27(22(25)4)32-28(35)24-10-9-20(2)31-16-24/h9-10,14-16,19,21,23H,5-8,11-13,17-18H2,1-4H3,(H,32,35)/t19?,21-/m0/s1. The number of nitrogens with one attached hydrogen (secondary N) is 1. The van der Waals surface area contributed by atoms with E-state index in [0.717, 1.165) is 36.3 Å². The molecule has 1 aliphatic carbocycles. The molecule has 2 aliphatic rings. The van der Waals surface area contributed by atoms with Gasteiger partial charge in [-0.2, -0.15) is 0 Å². The van der Waals surface area contributed by atoms with E-state index in [-0.39, 0.29) is 29.6 Å². The molecule has 2 heterocycles. The van der Waals surface area contributed by atoms with Gasteiger partial charge in [0.2, 0.25) is 5.91 Å². The highest BCUT2D eigenvalue weighted by Crippen LogP contribution is 2.31. The summed E-state index contributed by atoms with van der Waals surface area (Å²) in [5, 5.41) is 2.85. The topological polar surface area (TPSA) is 65.5 Å². The van der Waals surface area contributed by atoms with E-state index in [2.05, 4.69) is 29.0 Å². The number of pyridine rings is 1. The van der Waals surface area contributed by atoms with Gasteiger partial charge in [0.15, 0.2) is 0 Å². The fourth-order valence-corrected chi connectivity index (χ4v) is 5.70. The minimum Gasteiger partial charge on any atom is -0.337 e. The summed E-state index contributed by atoms with van der Waals surface area (Å²) in [6.45, 7) is 10.7. The Morgan fingerprint density at radius 3 is 2.58 bits per heavy atom. The Balaban J connectivity index is 1.37. The molecule has 36 heavy (non-hydrogen) atoms. The van der Waals surface area contributed by atoms with Gasteiger partial charge in [0.1, 0.15) is 5.82 Å². The Bertz CT molecular complexity index is 1080. The first-order chi connectivity index (χ1) is 17.2. The van der Waals surface area contributed by atoms with Gasteiger partial charge in [-0.25, -0.2) is 4.39 Å². The Morgan fingerprint density at radius 2 is 1.92 bits per heavy atom. The van der Waals surface area contributed by atoms with E-state index in [1.807, 2.05) is 18.7 Å². The predicted octanol–water partition coefficient (Wildman–Crippen LogP) is 5.34. The number of aromatic nitrogens is 1. The molecule has 1 aromatic heterocycles. The van der Waals surface area contributed by atoms with Gasteiger partial charge in [-0.15, -0.1) is 0 Å². The Hall–Kier alpha value is -2.80. The highest BCUT2D eigenvalue weighted by atomic mass is 19.1. The van der Waals surface area contributed by atoms with Crippen molar-refractivity contribution in [1.29, 1.82) is 0 Å². The maximum atomic E-state index is 14.5. The summed E-state index contributed by atoms with van der Waals surface area (Å²) >= 11 is 0. The first-order valence-corrected chi connectivity index (χ1v) is 13.3. The van der Waals surface area contributed by atoms with Crippen LogP contribution in [0.4, 0.5) is 10.1 Å². The molecule has 1 saturated carbocycles. The van der Waals surface area contributed by atoms with Crippen LogP contribution in [-0.2, 0) is 11.3 Å². The molecule has 1 N–H and O–H groups in total. The molecule has 0 spiro atoms. The SMILES string of the molecule is Cc1ccc(C(=O)Nc2cc(F)cc(CN3CCN(C(=O)C(C)CC4CCCC4)[C@@H](C)C3)c2C)cn1. The highest BCUT2D eigenvalue weighted by Gasteiger charge is 2.31.